The molecule has 2 atom stereocenters. The number of benzene rings is 1. The molecule has 0 saturated carbocycles. The van der Waals surface area contributed by atoms with Gasteiger partial charge in [-0.05, 0) is 11.6 Å². The van der Waals surface area contributed by atoms with Crippen LogP contribution in [0.1, 0.15) is 12.5 Å². The van der Waals surface area contributed by atoms with Gasteiger partial charge in [-0.15, -0.1) is 0 Å². The van der Waals surface area contributed by atoms with Crippen LogP contribution in [0.3, 0.4) is 0 Å². The number of carboxylic acids is 1. The Labute approximate surface area is 112 Å². The maximum atomic E-state index is 11.7. The molecule has 0 amide bonds. The topological polar surface area (TPSA) is 54.4 Å². The van der Waals surface area contributed by atoms with E-state index in [9.17, 15) is 9.00 Å². The van der Waals surface area contributed by atoms with E-state index in [0.29, 0.717) is 15.6 Å². The van der Waals surface area contributed by atoms with Crippen molar-refractivity contribution in [2.24, 2.45) is 5.92 Å². The van der Waals surface area contributed by atoms with Crippen molar-refractivity contribution in [3.8, 4) is 0 Å². The van der Waals surface area contributed by atoms with Gasteiger partial charge >= 0.3 is 5.97 Å². The maximum Gasteiger partial charge on any atom is 0.307 e. The molecule has 0 aliphatic carbocycles. The van der Waals surface area contributed by atoms with E-state index >= 15 is 0 Å². The molecule has 0 saturated heterocycles. The van der Waals surface area contributed by atoms with E-state index in [-0.39, 0.29) is 11.5 Å². The van der Waals surface area contributed by atoms with E-state index in [1.807, 2.05) is 0 Å². The van der Waals surface area contributed by atoms with Crippen molar-refractivity contribution in [2.75, 3.05) is 5.75 Å². The minimum Gasteiger partial charge on any atom is -0.481 e. The molecule has 0 radical (unpaired) electrons. The second kappa shape index (κ2) is 6.38. The second-order valence-corrected chi connectivity index (χ2v) is 5.99. The van der Waals surface area contributed by atoms with E-state index in [0.717, 1.165) is 0 Å². The summed E-state index contributed by atoms with van der Waals surface area (Å²) < 4.78 is 11.7. The molecule has 0 aliphatic heterocycles. The molecule has 0 heterocycles. The van der Waals surface area contributed by atoms with Crippen molar-refractivity contribution in [2.45, 2.75) is 12.7 Å². The van der Waals surface area contributed by atoms with Crippen molar-refractivity contribution in [3.05, 3.63) is 33.8 Å². The SMILES string of the molecule is CC(CS(=O)Cc1cccc(Cl)c1Cl)C(=O)O. The predicted molar refractivity (Wildman–Crippen MR) is 70.0 cm³/mol. The third-order valence-corrected chi connectivity index (χ3v) is 4.57. The van der Waals surface area contributed by atoms with E-state index in [1.54, 1.807) is 18.2 Å². The summed E-state index contributed by atoms with van der Waals surface area (Å²) in [4.78, 5) is 10.6. The Bertz CT molecular complexity index is 448. The minimum atomic E-state index is -1.26. The minimum absolute atomic E-state index is 0.109. The van der Waals surface area contributed by atoms with Crippen molar-refractivity contribution in [1.29, 1.82) is 0 Å². The van der Waals surface area contributed by atoms with Gasteiger partial charge in [-0.2, -0.15) is 0 Å². The zero-order valence-electron chi connectivity index (χ0n) is 9.15. The first-order valence-corrected chi connectivity index (χ1v) is 7.17. The second-order valence-electron chi connectivity index (χ2n) is 3.70. The van der Waals surface area contributed by atoms with E-state index < -0.39 is 22.7 Å². The van der Waals surface area contributed by atoms with Crippen LogP contribution in [-0.2, 0) is 21.3 Å². The van der Waals surface area contributed by atoms with Crippen LogP contribution in [0.4, 0.5) is 0 Å². The number of carboxylic acid groups (broad SMARTS) is 1. The van der Waals surface area contributed by atoms with Crippen LogP contribution in [0.15, 0.2) is 18.2 Å². The zero-order valence-corrected chi connectivity index (χ0v) is 11.5. The average molecular weight is 295 g/mol. The Morgan fingerprint density at radius 1 is 1.47 bits per heavy atom. The monoisotopic (exact) mass is 294 g/mol. The lowest BCUT2D eigenvalue weighted by Gasteiger charge is -2.08. The largest absolute Gasteiger partial charge is 0.481 e. The molecule has 6 heteroatoms. The lowest BCUT2D eigenvalue weighted by atomic mass is 10.2. The number of carbonyl (C=O) groups is 1. The standard InChI is InChI=1S/C11H12Cl2O3S/c1-7(11(14)15)5-17(16)6-8-3-2-4-9(12)10(8)13/h2-4,7H,5-6H2,1H3,(H,14,15). The van der Waals surface area contributed by atoms with Gasteiger partial charge in [0.05, 0.1) is 21.7 Å². The quantitative estimate of drug-likeness (QED) is 0.908. The summed E-state index contributed by atoms with van der Waals surface area (Å²) in [6.45, 7) is 1.53. The first-order chi connectivity index (χ1) is 7.91. The number of aliphatic carboxylic acids is 1. The molecule has 0 spiro atoms. The lowest BCUT2D eigenvalue weighted by Crippen LogP contribution is -2.18. The lowest BCUT2D eigenvalue weighted by molar-refractivity contribution is -0.140. The molecule has 1 aromatic rings. The molecule has 0 fully saturated rings. The van der Waals surface area contributed by atoms with Crippen LogP contribution in [-0.4, -0.2) is 21.0 Å². The summed E-state index contributed by atoms with van der Waals surface area (Å²) in [5.41, 5.74) is 0.676. The highest BCUT2D eigenvalue weighted by molar-refractivity contribution is 7.84. The molecule has 1 N–H and O–H groups in total. The Kier molecular flexibility index (Phi) is 5.43. The normalized spacial score (nSPS) is 14.3. The Morgan fingerprint density at radius 3 is 2.71 bits per heavy atom. The van der Waals surface area contributed by atoms with Crippen molar-refractivity contribution >= 4 is 40.0 Å². The molecule has 1 aromatic carbocycles. The van der Waals surface area contributed by atoms with E-state index in [2.05, 4.69) is 0 Å². The van der Waals surface area contributed by atoms with E-state index in [1.165, 1.54) is 6.92 Å². The molecule has 0 aromatic heterocycles. The predicted octanol–water partition coefficient (Wildman–Crippen LogP) is 2.96. The summed E-state index contributed by atoms with van der Waals surface area (Å²) in [7, 11) is -1.26. The molecule has 2 unspecified atom stereocenters. The molecule has 1 rings (SSSR count). The molecule has 94 valence electrons. The molecule has 3 nitrogen and oxygen atoms in total. The van der Waals surface area contributed by atoms with Crippen molar-refractivity contribution in [1.82, 2.24) is 0 Å². The summed E-state index contributed by atoms with van der Waals surface area (Å²) in [6.07, 6.45) is 0. The zero-order chi connectivity index (χ0) is 13.0. The van der Waals surface area contributed by atoms with Gasteiger partial charge in [-0.1, -0.05) is 42.3 Å². The van der Waals surface area contributed by atoms with Crippen molar-refractivity contribution < 1.29 is 14.1 Å². The van der Waals surface area contributed by atoms with Crippen LogP contribution in [0.2, 0.25) is 10.0 Å². The van der Waals surface area contributed by atoms with Gasteiger partial charge in [0.25, 0.3) is 0 Å². The number of hydrogen-bond donors (Lipinski definition) is 1. The average Bonchev–Trinajstić information content (AvgIpc) is 2.24. The molecule has 0 aliphatic rings. The van der Waals surface area contributed by atoms with Crippen LogP contribution in [0, 0.1) is 5.92 Å². The van der Waals surface area contributed by atoms with Crippen LogP contribution in [0.5, 0.6) is 0 Å². The highest BCUT2D eigenvalue weighted by Crippen LogP contribution is 2.26. The van der Waals surface area contributed by atoms with Gasteiger partial charge in [0.2, 0.25) is 0 Å². The van der Waals surface area contributed by atoms with E-state index in [4.69, 9.17) is 28.3 Å². The molecule has 17 heavy (non-hydrogen) atoms. The Balaban J connectivity index is 2.69. The highest BCUT2D eigenvalue weighted by atomic mass is 35.5. The fourth-order valence-electron chi connectivity index (χ4n) is 1.24. The fourth-order valence-corrected chi connectivity index (χ4v) is 3.11. The molecule has 0 bridgehead atoms. The number of hydrogen-bond acceptors (Lipinski definition) is 2. The third kappa shape index (κ3) is 4.30. The first-order valence-electron chi connectivity index (χ1n) is 4.92. The Morgan fingerprint density at radius 2 is 2.12 bits per heavy atom. The van der Waals surface area contributed by atoms with Crippen molar-refractivity contribution in [3.63, 3.8) is 0 Å². The summed E-state index contributed by atoms with van der Waals surface area (Å²) in [5.74, 6) is -1.25. The molecular weight excluding hydrogens is 283 g/mol. The summed E-state index contributed by atoms with van der Waals surface area (Å²) in [5, 5.41) is 9.50. The molecular formula is C11H12Cl2O3S. The summed E-state index contributed by atoms with van der Waals surface area (Å²) in [6, 6.07) is 5.11. The van der Waals surface area contributed by atoms with Crippen LogP contribution in [0.25, 0.3) is 0 Å². The van der Waals surface area contributed by atoms with Gasteiger partial charge in [-0.25, -0.2) is 0 Å². The maximum absolute atomic E-state index is 11.7. The van der Waals surface area contributed by atoms with Crippen LogP contribution < -0.4 is 0 Å². The summed E-state index contributed by atoms with van der Waals surface area (Å²) >= 11 is 11.8. The fraction of sp³-hybridized carbons (Fsp3) is 0.364. The Hall–Kier alpha value is -0.580. The third-order valence-electron chi connectivity index (χ3n) is 2.21. The first kappa shape index (κ1) is 14.5. The smallest absolute Gasteiger partial charge is 0.307 e. The van der Waals surface area contributed by atoms with Gasteiger partial charge in [0, 0.05) is 16.6 Å². The van der Waals surface area contributed by atoms with Gasteiger partial charge in [-0.3, -0.25) is 9.00 Å². The highest BCUT2D eigenvalue weighted by Gasteiger charge is 2.16. The number of halogens is 2. The number of rotatable bonds is 5. The van der Waals surface area contributed by atoms with Crippen LogP contribution >= 0.6 is 23.2 Å². The van der Waals surface area contributed by atoms with Gasteiger partial charge in [0.15, 0.2) is 0 Å². The van der Waals surface area contributed by atoms with Gasteiger partial charge in [0.1, 0.15) is 0 Å². The van der Waals surface area contributed by atoms with Gasteiger partial charge < -0.3 is 5.11 Å².